The Labute approximate surface area is 140 Å². The largest absolute Gasteiger partial charge is 0.348 e. The Bertz CT molecular complexity index is 693. The Hall–Kier alpha value is -1.92. The molecule has 4 rings (SSSR count). The van der Waals surface area contributed by atoms with Crippen molar-refractivity contribution in [3.05, 3.63) is 35.7 Å². The topological polar surface area (TPSA) is 80.0 Å². The van der Waals surface area contributed by atoms with Gasteiger partial charge in [-0.05, 0) is 37.9 Å². The van der Waals surface area contributed by atoms with Crippen LogP contribution in [0.2, 0.25) is 0 Å². The van der Waals surface area contributed by atoms with Crippen LogP contribution in [0.25, 0.3) is 11.4 Å². The summed E-state index contributed by atoms with van der Waals surface area (Å²) in [7, 11) is 0. The summed E-state index contributed by atoms with van der Waals surface area (Å²) in [6.45, 7) is 1.79. The van der Waals surface area contributed by atoms with Crippen LogP contribution in [-0.4, -0.2) is 35.2 Å². The summed E-state index contributed by atoms with van der Waals surface area (Å²) < 4.78 is 5.28. The van der Waals surface area contributed by atoms with E-state index in [4.69, 9.17) is 4.52 Å². The zero-order chi connectivity index (χ0) is 14.9. The van der Waals surface area contributed by atoms with Gasteiger partial charge in [0.05, 0.1) is 0 Å². The van der Waals surface area contributed by atoms with Crippen molar-refractivity contribution in [2.45, 2.75) is 31.2 Å². The molecule has 122 valence electrons. The first kappa shape index (κ1) is 16.0. The highest BCUT2D eigenvalue weighted by atomic mass is 35.5. The molecular formula is C16H19ClN4O2. The summed E-state index contributed by atoms with van der Waals surface area (Å²) in [5.41, 5.74) is 1.44. The quantitative estimate of drug-likeness (QED) is 0.895. The van der Waals surface area contributed by atoms with Crippen LogP contribution in [-0.2, 0) is 0 Å². The molecule has 2 fully saturated rings. The second kappa shape index (κ2) is 6.68. The lowest BCUT2D eigenvalue weighted by Crippen LogP contribution is -2.36. The number of nitrogens with one attached hydrogen (secondary N) is 2. The summed E-state index contributed by atoms with van der Waals surface area (Å²) >= 11 is 0. The molecule has 23 heavy (non-hydrogen) atoms. The first-order valence-corrected chi connectivity index (χ1v) is 7.75. The van der Waals surface area contributed by atoms with Crippen molar-refractivity contribution in [3.63, 3.8) is 0 Å². The zero-order valence-electron chi connectivity index (χ0n) is 12.6. The minimum Gasteiger partial charge on any atom is -0.348 e. The normalized spacial score (nSPS) is 20.1. The zero-order valence-corrected chi connectivity index (χ0v) is 13.4. The number of hydrogen-bond donors (Lipinski definition) is 2. The van der Waals surface area contributed by atoms with E-state index in [0.29, 0.717) is 23.2 Å². The van der Waals surface area contributed by atoms with Gasteiger partial charge in [0, 0.05) is 29.6 Å². The Morgan fingerprint density at radius 2 is 2.17 bits per heavy atom. The molecule has 0 spiro atoms. The van der Waals surface area contributed by atoms with Crippen LogP contribution in [0.5, 0.6) is 0 Å². The number of carbonyl (C=O) groups excluding carboxylic acids is 1. The van der Waals surface area contributed by atoms with Crippen LogP contribution < -0.4 is 10.6 Å². The third kappa shape index (κ3) is 3.54. The molecule has 6 nitrogen and oxygen atoms in total. The summed E-state index contributed by atoms with van der Waals surface area (Å²) in [4.78, 5) is 16.7. The minimum atomic E-state index is -0.0542. The van der Waals surface area contributed by atoms with Gasteiger partial charge in [0.15, 0.2) is 0 Å². The van der Waals surface area contributed by atoms with E-state index >= 15 is 0 Å². The minimum absolute atomic E-state index is 0. The van der Waals surface area contributed by atoms with Gasteiger partial charge in [-0.1, -0.05) is 17.3 Å². The summed E-state index contributed by atoms with van der Waals surface area (Å²) in [5.74, 6) is 1.64. The Kier molecular flexibility index (Phi) is 4.63. The lowest BCUT2D eigenvalue weighted by Gasteiger charge is -2.11. The molecule has 2 heterocycles. The number of amides is 1. The van der Waals surface area contributed by atoms with Gasteiger partial charge >= 0.3 is 0 Å². The van der Waals surface area contributed by atoms with E-state index in [1.807, 2.05) is 24.3 Å². The molecule has 1 aliphatic carbocycles. The van der Waals surface area contributed by atoms with E-state index in [-0.39, 0.29) is 24.4 Å². The van der Waals surface area contributed by atoms with E-state index in [9.17, 15) is 4.79 Å². The first-order chi connectivity index (χ1) is 10.8. The molecule has 1 saturated heterocycles. The number of benzene rings is 1. The van der Waals surface area contributed by atoms with Crippen molar-refractivity contribution in [1.82, 2.24) is 20.8 Å². The van der Waals surface area contributed by atoms with Crippen LogP contribution in [0, 0.1) is 0 Å². The fraction of sp³-hybridized carbons (Fsp3) is 0.438. The van der Waals surface area contributed by atoms with E-state index in [2.05, 4.69) is 20.8 Å². The maximum atomic E-state index is 12.3. The van der Waals surface area contributed by atoms with Crippen molar-refractivity contribution in [3.8, 4) is 11.4 Å². The van der Waals surface area contributed by atoms with Gasteiger partial charge in [-0.2, -0.15) is 4.98 Å². The number of aromatic nitrogens is 2. The average Bonchev–Trinajstić information content (AvgIpc) is 3.06. The molecule has 1 atom stereocenters. The molecule has 2 aliphatic rings. The maximum Gasteiger partial charge on any atom is 0.251 e. The van der Waals surface area contributed by atoms with Gasteiger partial charge in [0.2, 0.25) is 11.7 Å². The smallest absolute Gasteiger partial charge is 0.251 e. The molecule has 7 heteroatoms. The molecule has 1 aromatic carbocycles. The summed E-state index contributed by atoms with van der Waals surface area (Å²) in [6.07, 6.45) is 3.22. The van der Waals surface area contributed by atoms with E-state index in [0.717, 1.165) is 37.9 Å². The monoisotopic (exact) mass is 334 g/mol. The Balaban J connectivity index is 0.00000156. The number of halogens is 1. The van der Waals surface area contributed by atoms with Crippen LogP contribution in [0.1, 0.15) is 41.4 Å². The lowest BCUT2D eigenvalue weighted by molar-refractivity contribution is 0.0940. The van der Waals surface area contributed by atoms with Crippen molar-refractivity contribution in [2.24, 2.45) is 0 Å². The summed E-state index contributed by atoms with van der Waals surface area (Å²) in [6, 6.07) is 7.59. The fourth-order valence-corrected chi connectivity index (χ4v) is 2.69. The van der Waals surface area contributed by atoms with Crippen molar-refractivity contribution in [1.29, 1.82) is 0 Å². The highest BCUT2D eigenvalue weighted by Crippen LogP contribution is 2.39. The molecule has 2 aromatic rings. The standard InChI is InChI=1S/C16H18N4O2.ClH/c21-15(18-13-6-7-17-9-13)12-3-1-2-11(8-12)14-19-16(22-20-14)10-4-5-10;/h1-3,8,10,13,17H,4-7,9H2,(H,18,21);1H. The second-order valence-electron chi connectivity index (χ2n) is 5.97. The van der Waals surface area contributed by atoms with Gasteiger partial charge in [-0.3, -0.25) is 4.79 Å². The van der Waals surface area contributed by atoms with E-state index in [1.165, 1.54) is 0 Å². The van der Waals surface area contributed by atoms with Gasteiger partial charge in [0.25, 0.3) is 5.91 Å². The Morgan fingerprint density at radius 3 is 2.91 bits per heavy atom. The maximum absolute atomic E-state index is 12.3. The lowest BCUT2D eigenvalue weighted by atomic mass is 10.1. The average molecular weight is 335 g/mol. The van der Waals surface area contributed by atoms with Crippen molar-refractivity contribution < 1.29 is 9.32 Å². The fourth-order valence-electron chi connectivity index (χ4n) is 2.69. The van der Waals surface area contributed by atoms with Gasteiger partial charge in [-0.25, -0.2) is 0 Å². The van der Waals surface area contributed by atoms with Crippen LogP contribution >= 0.6 is 12.4 Å². The van der Waals surface area contributed by atoms with Gasteiger partial charge in [-0.15, -0.1) is 12.4 Å². The van der Waals surface area contributed by atoms with Crippen molar-refractivity contribution in [2.75, 3.05) is 13.1 Å². The number of hydrogen-bond acceptors (Lipinski definition) is 5. The molecule has 1 aliphatic heterocycles. The Morgan fingerprint density at radius 1 is 1.30 bits per heavy atom. The number of nitrogens with zero attached hydrogens (tertiary/aromatic N) is 2. The molecular weight excluding hydrogens is 316 g/mol. The third-order valence-electron chi connectivity index (χ3n) is 4.15. The molecule has 1 aromatic heterocycles. The number of carbonyl (C=O) groups is 1. The molecule has 0 bridgehead atoms. The SMILES string of the molecule is Cl.O=C(NC1CCNC1)c1cccc(-c2noc(C3CC3)n2)c1. The van der Waals surface area contributed by atoms with E-state index < -0.39 is 0 Å². The molecule has 1 saturated carbocycles. The second-order valence-corrected chi connectivity index (χ2v) is 5.97. The first-order valence-electron chi connectivity index (χ1n) is 7.75. The predicted molar refractivity (Wildman–Crippen MR) is 87.7 cm³/mol. The highest BCUT2D eigenvalue weighted by molar-refractivity contribution is 5.95. The molecule has 2 N–H and O–H groups in total. The van der Waals surface area contributed by atoms with Gasteiger partial charge < -0.3 is 15.2 Å². The molecule has 0 radical (unpaired) electrons. The van der Waals surface area contributed by atoms with Crippen LogP contribution in [0.15, 0.2) is 28.8 Å². The molecule has 1 amide bonds. The van der Waals surface area contributed by atoms with E-state index in [1.54, 1.807) is 0 Å². The molecule has 1 unspecified atom stereocenters. The third-order valence-corrected chi connectivity index (χ3v) is 4.15. The number of rotatable bonds is 4. The van der Waals surface area contributed by atoms with Crippen LogP contribution in [0.4, 0.5) is 0 Å². The van der Waals surface area contributed by atoms with Crippen LogP contribution in [0.3, 0.4) is 0 Å². The summed E-state index contributed by atoms with van der Waals surface area (Å²) in [5, 5.41) is 10.3. The highest BCUT2D eigenvalue weighted by Gasteiger charge is 2.29. The van der Waals surface area contributed by atoms with Gasteiger partial charge in [0.1, 0.15) is 0 Å². The predicted octanol–water partition coefficient (Wildman–Crippen LogP) is 2.13. The van der Waals surface area contributed by atoms with Crippen molar-refractivity contribution >= 4 is 18.3 Å².